The highest BCUT2D eigenvalue weighted by Crippen LogP contribution is 2.34. The molecule has 0 N–H and O–H groups in total. The van der Waals surface area contributed by atoms with Gasteiger partial charge in [-0.1, -0.05) is 18.0 Å². The Morgan fingerprint density at radius 2 is 2.11 bits per heavy atom. The van der Waals surface area contributed by atoms with Crippen LogP contribution in [0.1, 0.15) is 57.4 Å². The Morgan fingerprint density at radius 3 is 2.82 bits per heavy atom. The highest BCUT2D eigenvalue weighted by molar-refractivity contribution is 7.13. The summed E-state index contributed by atoms with van der Waals surface area (Å²) in [6.45, 7) is 3.76. The van der Waals surface area contributed by atoms with E-state index in [9.17, 15) is 9.18 Å². The molecular formula is C21H22FN3O2S. The number of aryl methyl sites for hydroxylation is 3. The van der Waals surface area contributed by atoms with Gasteiger partial charge in [0, 0.05) is 18.4 Å². The van der Waals surface area contributed by atoms with Crippen LogP contribution in [-0.2, 0) is 12.8 Å². The van der Waals surface area contributed by atoms with E-state index < -0.39 is 0 Å². The summed E-state index contributed by atoms with van der Waals surface area (Å²) in [6.07, 6.45) is 6.70. The Labute approximate surface area is 167 Å². The van der Waals surface area contributed by atoms with Crippen LogP contribution in [0.25, 0.3) is 11.4 Å². The zero-order valence-electron chi connectivity index (χ0n) is 16.0. The van der Waals surface area contributed by atoms with Crippen molar-refractivity contribution in [3.8, 4) is 11.4 Å². The van der Waals surface area contributed by atoms with E-state index in [-0.39, 0.29) is 11.6 Å². The molecule has 0 spiro atoms. The maximum Gasteiger partial charge on any atom is 0.174 e. The molecule has 0 radical (unpaired) electrons. The third-order valence-corrected chi connectivity index (χ3v) is 6.37. The predicted octanol–water partition coefficient (Wildman–Crippen LogP) is 5.11. The van der Waals surface area contributed by atoms with E-state index in [0.29, 0.717) is 30.7 Å². The molecule has 28 heavy (non-hydrogen) atoms. The third-order valence-electron chi connectivity index (χ3n) is 5.11. The van der Waals surface area contributed by atoms with Gasteiger partial charge in [-0.3, -0.25) is 9.78 Å². The summed E-state index contributed by atoms with van der Waals surface area (Å²) >= 11 is 1.49. The van der Waals surface area contributed by atoms with Crippen LogP contribution in [0.4, 0.5) is 4.39 Å². The van der Waals surface area contributed by atoms with Gasteiger partial charge in [0.15, 0.2) is 5.78 Å². The number of halogens is 1. The topological polar surface area (TPSA) is 68.9 Å². The van der Waals surface area contributed by atoms with Gasteiger partial charge < -0.3 is 4.52 Å². The fourth-order valence-electron chi connectivity index (χ4n) is 3.31. The molecule has 0 atom stereocenters. The quantitative estimate of drug-likeness (QED) is 0.493. The number of ketones is 1. The standard InChI is InChI=1S/C21H22FN3O2S/c1-12-21(18(26)9-5-14-3-4-14)28-19(24-12)10-7-16-13(2)27-25-20(16)17-8-6-15(22)11-23-17/h6,8,11,14H,3-5,7,9-10H2,1-2H3. The van der Waals surface area contributed by atoms with Gasteiger partial charge in [-0.15, -0.1) is 11.3 Å². The average molecular weight is 399 g/mol. The first kappa shape index (κ1) is 18.9. The minimum atomic E-state index is -0.386. The fraction of sp³-hybridized carbons (Fsp3) is 0.429. The molecule has 3 aromatic heterocycles. The Morgan fingerprint density at radius 1 is 1.29 bits per heavy atom. The van der Waals surface area contributed by atoms with Crippen molar-refractivity contribution >= 4 is 17.1 Å². The van der Waals surface area contributed by atoms with Crippen LogP contribution in [0.15, 0.2) is 22.9 Å². The van der Waals surface area contributed by atoms with Crippen LogP contribution in [0.5, 0.6) is 0 Å². The van der Waals surface area contributed by atoms with Gasteiger partial charge in [-0.05, 0) is 44.7 Å². The van der Waals surface area contributed by atoms with Gasteiger partial charge in [0.2, 0.25) is 0 Å². The number of nitrogens with zero attached hydrogens (tertiary/aromatic N) is 3. The van der Waals surface area contributed by atoms with E-state index in [0.717, 1.165) is 39.2 Å². The van der Waals surface area contributed by atoms with E-state index in [4.69, 9.17) is 4.52 Å². The van der Waals surface area contributed by atoms with Crippen molar-refractivity contribution < 1.29 is 13.7 Å². The van der Waals surface area contributed by atoms with Gasteiger partial charge in [0.25, 0.3) is 0 Å². The molecule has 3 heterocycles. The number of thiazole rings is 1. The van der Waals surface area contributed by atoms with Crippen molar-refractivity contribution in [3.63, 3.8) is 0 Å². The molecule has 1 saturated carbocycles. The Balaban J connectivity index is 1.46. The van der Waals surface area contributed by atoms with Crippen LogP contribution in [-0.4, -0.2) is 20.9 Å². The molecule has 0 saturated heterocycles. The summed E-state index contributed by atoms with van der Waals surface area (Å²) < 4.78 is 18.5. The number of hydrogen-bond donors (Lipinski definition) is 0. The minimum absolute atomic E-state index is 0.213. The van der Waals surface area contributed by atoms with Crippen molar-refractivity contribution in [2.45, 2.75) is 52.4 Å². The zero-order valence-corrected chi connectivity index (χ0v) is 16.8. The fourth-order valence-corrected chi connectivity index (χ4v) is 4.34. The molecule has 1 fully saturated rings. The number of rotatable bonds is 8. The van der Waals surface area contributed by atoms with E-state index in [1.165, 1.54) is 36.4 Å². The first-order chi connectivity index (χ1) is 13.5. The van der Waals surface area contributed by atoms with E-state index in [1.807, 2.05) is 13.8 Å². The highest BCUT2D eigenvalue weighted by atomic mass is 32.1. The first-order valence-electron chi connectivity index (χ1n) is 9.58. The summed E-state index contributed by atoms with van der Waals surface area (Å²) in [4.78, 5) is 22.0. The van der Waals surface area contributed by atoms with E-state index >= 15 is 0 Å². The van der Waals surface area contributed by atoms with Gasteiger partial charge in [-0.25, -0.2) is 9.37 Å². The second kappa shape index (κ2) is 7.91. The number of carbonyl (C=O) groups excluding carboxylic acids is 1. The van der Waals surface area contributed by atoms with Crippen molar-refractivity contribution in [3.05, 3.63) is 51.0 Å². The number of carbonyl (C=O) groups is 1. The Hall–Kier alpha value is -2.41. The molecule has 7 heteroatoms. The van der Waals surface area contributed by atoms with Crippen LogP contribution >= 0.6 is 11.3 Å². The molecule has 0 bridgehead atoms. The molecule has 1 aliphatic rings. The van der Waals surface area contributed by atoms with Crippen molar-refractivity contribution in [2.24, 2.45) is 5.92 Å². The van der Waals surface area contributed by atoms with E-state index in [1.54, 1.807) is 6.07 Å². The van der Waals surface area contributed by atoms with Gasteiger partial charge in [0.05, 0.1) is 27.5 Å². The minimum Gasteiger partial charge on any atom is -0.361 e. The largest absolute Gasteiger partial charge is 0.361 e. The average Bonchev–Trinajstić information content (AvgIpc) is 3.34. The maximum absolute atomic E-state index is 13.1. The lowest BCUT2D eigenvalue weighted by Gasteiger charge is -2.01. The van der Waals surface area contributed by atoms with Gasteiger partial charge in [0.1, 0.15) is 17.3 Å². The van der Waals surface area contributed by atoms with E-state index in [2.05, 4.69) is 15.1 Å². The van der Waals surface area contributed by atoms with Crippen molar-refractivity contribution in [1.82, 2.24) is 15.1 Å². The lowest BCUT2D eigenvalue weighted by molar-refractivity contribution is 0.0981. The van der Waals surface area contributed by atoms with Gasteiger partial charge >= 0.3 is 0 Å². The molecule has 0 aromatic carbocycles. The Bertz CT molecular complexity index is 990. The summed E-state index contributed by atoms with van der Waals surface area (Å²) in [5, 5.41) is 5.03. The lowest BCUT2D eigenvalue weighted by atomic mass is 10.1. The molecule has 146 valence electrons. The molecule has 0 unspecified atom stereocenters. The first-order valence-corrected chi connectivity index (χ1v) is 10.4. The number of pyridine rings is 1. The normalized spacial score (nSPS) is 13.8. The molecule has 0 amide bonds. The molecular weight excluding hydrogens is 377 g/mol. The smallest absolute Gasteiger partial charge is 0.174 e. The summed E-state index contributed by atoms with van der Waals surface area (Å²) in [7, 11) is 0. The second-order valence-corrected chi connectivity index (χ2v) is 8.44. The van der Waals surface area contributed by atoms with Crippen molar-refractivity contribution in [1.29, 1.82) is 0 Å². The Kier molecular flexibility index (Phi) is 5.35. The van der Waals surface area contributed by atoms with Crippen LogP contribution < -0.4 is 0 Å². The summed E-state index contributed by atoms with van der Waals surface area (Å²) in [5.74, 6) is 1.30. The molecule has 1 aliphatic carbocycles. The zero-order chi connectivity index (χ0) is 19.7. The molecule has 0 aliphatic heterocycles. The molecule has 4 rings (SSSR count). The lowest BCUT2D eigenvalue weighted by Crippen LogP contribution is -1.98. The SMILES string of the molecule is Cc1nc(CCc2c(-c3ccc(F)cn3)noc2C)sc1C(=O)CCC1CC1. The highest BCUT2D eigenvalue weighted by Gasteiger charge is 2.24. The van der Waals surface area contributed by atoms with Crippen LogP contribution in [0.3, 0.4) is 0 Å². The number of Topliss-reactive ketones (excluding diaryl/α,β-unsaturated/α-hetero) is 1. The number of hydrogen-bond acceptors (Lipinski definition) is 6. The predicted molar refractivity (Wildman–Crippen MR) is 105 cm³/mol. The van der Waals surface area contributed by atoms with Gasteiger partial charge in [-0.2, -0.15) is 0 Å². The summed E-state index contributed by atoms with van der Waals surface area (Å²) in [6, 6.07) is 2.96. The number of aromatic nitrogens is 3. The van der Waals surface area contributed by atoms with Crippen LogP contribution in [0.2, 0.25) is 0 Å². The van der Waals surface area contributed by atoms with Crippen molar-refractivity contribution in [2.75, 3.05) is 0 Å². The third kappa shape index (κ3) is 4.19. The summed E-state index contributed by atoms with van der Waals surface area (Å²) in [5.41, 5.74) is 2.97. The molecule has 3 aromatic rings. The monoisotopic (exact) mass is 399 g/mol. The molecule has 5 nitrogen and oxygen atoms in total. The van der Waals surface area contributed by atoms with Crippen LogP contribution in [0, 0.1) is 25.6 Å². The maximum atomic E-state index is 13.1. The second-order valence-electron chi connectivity index (χ2n) is 7.35.